The minimum atomic E-state index is -2.66. The minimum Gasteiger partial charge on any atom is -0.377 e. The Morgan fingerprint density at radius 3 is 1.67 bits per heavy atom. The fraction of sp³-hybridized carbons (Fsp3) is 0.875. The smallest absolute Gasteiger partial charge is 0.377 e. The summed E-state index contributed by atoms with van der Waals surface area (Å²) in [6.45, 7) is 19.2. The normalized spacial score (nSPS) is 12.7. The lowest BCUT2D eigenvalue weighted by atomic mass is 10.4. The Hall–Kier alpha value is -0.203. The maximum absolute atomic E-state index is 6.11. The van der Waals surface area contributed by atoms with Gasteiger partial charge in [-0.3, -0.25) is 0 Å². The molecule has 0 heterocycles. The van der Waals surface area contributed by atoms with Crippen LogP contribution in [0.15, 0.2) is 12.2 Å². The Bertz CT molecular complexity index is 263. The van der Waals surface area contributed by atoms with Crippen LogP contribution < -0.4 is 0 Å². The van der Waals surface area contributed by atoms with E-state index in [-0.39, 0.29) is 18.3 Å². The van der Waals surface area contributed by atoms with Crippen molar-refractivity contribution >= 4 is 8.80 Å². The molecule has 126 valence electrons. The second-order valence-electron chi connectivity index (χ2n) is 6.30. The third kappa shape index (κ3) is 11.1. The molecule has 0 saturated carbocycles. The van der Waals surface area contributed by atoms with Crippen LogP contribution in [-0.4, -0.2) is 40.3 Å². The van der Waals surface area contributed by atoms with Crippen LogP contribution in [0.4, 0.5) is 0 Å². The molecule has 0 aromatic rings. The molecule has 0 amide bonds. The summed E-state index contributed by atoms with van der Waals surface area (Å²) in [4.78, 5) is 0. The molecule has 5 heteroatoms. The zero-order valence-corrected chi connectivity index (χ0v) is 15.9. The number of ether oxygens (including phenoxy) is 1. The zero-order valence-electron chi connectivity index (χ0n) is 14.9. The molecule has 0 spiro atoms. The first-order valence-corrected chi connectivity index (χ1v) is 9.85. The molecule has 0 aromatic heterocycles. The van der Waals surface area contributed by atoms with Gasteiger partial charge < -0.3 is 18.0 Å². The van der Waals surface area contributed by atoms with Crippen LogP contribution in [0.2, 0.25) is 6.04 Å². The maximum atomic E-state index is 6.11. The van der Waals surface area contributed by atoms with Gasteiger partial charge in [-0.15, -0.1) is 0 Å². The molecule has 0 unspecified atom stereocenters. The third-order valence-corrected chi connectivity index (χ3v) is 5.82. The van der Waals surface area contributed by atoms with Gasteiger partial charge in [-0.25, -0.2) is 0 Å². The fourth-order valence-corrected chi connectivity index (χ4v) is 5.23. The van der Waals surface area contributed by atoms with Crippen LogP contribution in [0.25, 0.3) is 0 Å². The van der Waals surface area contributed by atoms with E-state index in [0.29, 0.717) is 13.2 Å². The van der Waals surface area contributed by atoms with Gasteiger partial charge in [-0.2, -0.15) is 0 Å². The van der Waals surface area contributed by atoms with Gasteiger partial charge in [0.25, 0.3) is 0 Å². The van der Waals surface area contributed by atoms with E-state index in [1.54, 1.807) is 0 Å². The monoisotopic (exact) mass is 318 g/mol. The molecule has 0 rings (SSSR count). The lowest BCUT2D eigenvalue weighted by Crippen LogP contribution is -2.50. The Kier molecular flexibility index (Phi) is 10.4. The van der Waals surface area contributed by atoms with E-state index in [1.165, 1.54) is 0 Å². The van der Waals surface area contributed by atoms with E-state index in [4.69, 9.17) is 18.0 Å². The van der Waals surface area contributed by atoms with E-state index < -0.39 is 8.80 Å². The first kappa shape index (κ1) is 20.8. The maximum Gasteiger partial charge on any atom is 0.501 e. The topological polar surface area (TPSA) is 36.9 Å². The Morgan fingerprint density at radius 2 is 1.33 bits per heavy atom. The molecule has 4 nitrogen and oxygen atoms in total. The van der Waals surface area contributed by atoms with Gasteiger partial charge in [-0.1, -0.05) is 12.2 Å². The Labute approximate surface area is 132 Å². The van der Waals surface area contributed by atoms with Crippen molar-refractivity contribution in [1.82, 2.24) is 0 Å². The van der Waals surface area contributed by atoms with Gasteiger partial charge in [0, 0.05) is 31.0 Å². The third-order valence-electron chi connectivity index (χ3n) is 2.37. The van der Waals surface area contributed by atoms with Crippen LogP contribution >= 0.6 is 0 Å². The number of rotatable bonds is 12. The second kappa shape index (κ2) is 10.5. The van der Waals surface area contributed by atoms with Crippen molar-refractivity contribution in [1.29, 1.82) is 0 Å². The van der Waals surface area contributed by atoms with Crippen molar-refractivity contribution < 1.29 is 18.0 Å². The van der Waals surface area contributed by atoms with Crippen molar-refractivity contribution in [3.63, 3.8) is 0 Å². The van der Waals surface area contributed by atoms with Crippen molar-refractivity contribution in [2.24, 2.45) is 0 Å². The molecular formula is C16H34O4Si. The van der Waals surface area contributed by atoms with E-state index in [0.717, 1.165) is 18.0 Å². The molecule has 0 bridgehead atoms. The summed E-state index contributed by atoms with van der Waals surface area (Å²) in [7, 11) is -2.66. The lowest BCUT2D eigenvalue weighted by Gasteiger charge is -2.34. The largest absolute Gasteiger partial charge is 0.501 e. The first-order chi connectivity index (χ1) is 9.67. The zero-order chi connectivity index (χ0) is 16.5. The molecule has 0 aliphatic carbocycles. The van der Waals surface area contributed by atoms with Crippen molar-refractivity contribution in [2.75, 3.05) is 13.2 Å². The fourth-order valence-electron chi connectivity index (χ4n) is 1.97. The van der Waals surface area contributed by atoms with E-state index >= 15 is 0 Å². The Morgan fingerprint density at radius 1 is 0.905 bits per heavy atom. The quantitative estimate of drug-likeness (QED) is 0.307. The molecule has 0 aliphatic rings. The molecule has 0 fully saturated rings. The van der Waals surface area contributed by atoms with Crippen molar-refractivity contribution in [3.05, 3.63) is 12.2 Å². The van der Waals surface area contributed by atoms with Crippen molar-refractivity contribution in [2.45, 2.75) is 79.2 Å². The summed E-state index contributed by atoms with van der Waals surface area (Å²) in [5.74, 6) is 0. The molecule has 0 saturated heterocycles. The SMILES string of the molecule is C=C(C)COCCC[Si](OC(C)C)(OC(C)C)OC(C)C. The van der Waals surface area contributed by atoms with E-state index in [2.05, 4.69) is 6.58 Å². The van der Waals surface area contributed by atoms with Gasteiger partial charge in [-0.05, 0) is 54.9 Å². The molecule has 0 aliphatic heterocycles. The number of hydrogen-bond donors (Lipinski definition) is 0. The molecule has 0 aromatic carbocycles. The molecule has 0 N–H and O–H groups in total. The Balaban J connectivity index is 4.61. The number of hydrogen-bond acceptors (Lipinski definition) is 4. The highest BCUT2D eigenvalue weighted by atomic mass is 28.4. The summed E-state index contributed by atoms with van der Waals surface area (Å²) in [5, 5.41) is 0. The highest BCUT2D eigenvalue weighted by Gasteiger charge is 2.43. The van der Waals surface area contributed by atoms with Crippen LogP contribution in [0, 0.1) is 0 Å². The van der Waals surface area contributed by atoms with Gasteiger partial charge in [0.1, 0.15) is 0 Å². The predicted molar refractivity (Wildman–Crippen MR) is 89.5 cm³/mol. The van der Waals surface area contributed by atoms with Gasteiger partial charge in [0.05, 0.1) is 6.61 Å². The first-order valence-electron chi connectivity index (χ1n) is 7.92. The summed E-state index contributed by atoms with van der Waals surface area (Å²) >= 11 is 0. The lowest BCUT2D eigenvalue weighted by molar-refractivity contribution is 0.00139. The summed E-state index contributed by atoms with van der Waals surface area (Å²) in [5.41, 5.74) is 1.04. The summed E-state index contributed by atoms with van der Waals surface area (Å²) in [6.07, 6.45) is 1.13. The van der Waals surface area contributed by atoms with E-state index in [9.17, 15) is 0 Å². The minimum absolute atomic E-state index is 0.0884. The summed E-state index contributed by atoms with van der Waals surface area (Å²) in [6, 6.07) is 0.776. The average molecular weight is 319 g/mol. The van der Waals surface area contributed by atoms with Crippen LogP contribution in [-0.2, 0) is 18.0 Å². The second-order valence-corrected chi connectivity index (χ2v) is 8.87. The van der Waals surface area contributed by atoms with Crippen LogP contribution in [0.3, 0.4) is 0 Å². The summed E-state index contributed by atoms with van der Waals surface area (Å²) < 4.78 is 23.9. The van der Waals surface area contributed by atoms with E-state index in [1.807, 2.05) is 48.5 Å². The highest BCUT2D eigenvalue weighted by Crippen LogP contribution is 2.23. The van der Waals surface area contributed by atoms with Gasteiger partial charge in [0.2, 0.25) is 0 Å². The van der Waals surface area contributed by atoms with Crippen molar-refractivity contribution in [3.8, 4) is 0 Å². The molecule has 21 heavy (non-hydrogen) atoms. The van der Waals surface area contributed by atoms with Gasteiger partial charge >= 0.3 is 8.80 Å². The van der Waals surface area contributed by atoms with Crippen LogP contribution in [0.1, 0.15) is 54.9 Å². The molecular weight excluding hydrogens is 284 g/mol. The van der Waals surface area contributed by atoms with Gasteiger partial charge in [0.15, 0.2) is 0 Å². The predicted octanol–water partition coefficient (Wildman–Crippen LogP) is 4.18. The average Bonchev–Trinajstić information content (AvgIpc) is 2.24. The molecule has 0 atom stereocenters. The standard InChI is InChI=1S/C16H34O4Si/c1-13(2)12-17-10-9-11-21(18-14(3)4,19-15(5)6)20-16(7)8/h14-16H,1,9-12H2,2-8H3. The highest BCUT2D eigenvalue weighted by molar-refractivity contribution is 6.60. The molecule has 0 radical (unpaired) electrons. The van der Waals surface area contributed by atoms with Crippen LogP contribution in [0.5, 0.6) is 0 Å².